The van der Waals surface area contributed by atoms with E-state index < -0.39 is 28.0 Å². The summed E-state index contributed by atoms with van der Waals surface area (Å²) in [6.07, 6.45) is 0. The average molecular weight is 320 g/mol. The van der Waals surface area contributed by atoms with E-state index in [1.807, 2.05) is 0 Å². The van der Waals surface area contributed by atoms with Crippen molar-refractivity contribution in [3.8, 4) is 0 Å². The molecule has 0 bridgehead atoms. The van der Waals surface area contributed by atoms with Crippen molar-refractivity contribution in [2.45, 2.75) is 17.9 Å². The maximum atomic E-state index is 12.3. The number of ether oxygens (including phenoxy) is 1. The van der Waals surface area contributed by atoms with Crippen LogP contribution < -0.4 is 4.72 Å². The van der Waals surface area contributed by atoms with Crippen LogP contribution in [0.5, 0.6) is 0 Å². The van der Waals surface area contributed by atoms with E-state index in [0.29, 0.717) is 10.6 Å². The van der Waals surface area contributed by atoms with Gasteiger partial charge in [0.2, 0.25) is 10.0 Å². The summed E-state index contributed by atoms with van der Waals surface area (Å²) in [5.41, 5.74) is 0.424. The van der Waals surface area contributed by atoms with Crippen molar-refractivity contribution in [3.63, 3.8) is 0 Å². The molecule has 1 saturated heterocycles. The summed E-state index contributed by atoms with van der Waals surface area (Å²) in [6, 6.07) is 3.77. The number of carbonyl (C=O) groups is 1. The van der Waals surface area contributed by atoms with E-state index in [4.69, 9.17) is 21.4 Å². The molecule has 2 rings (SSSR count). The van der Waals surface area contributed by atoms with Crippen LogP contribution in [0.2, 0.25) is 5.02 Å². The Bertz CT molecular complexity index is 631. The van der Waals surface area contributed by atoms with E-state index in [-0.39, 0.29) is 18.1 Å². The first kappa shape index (κ1) is 15.2. The van der Waals surface area contributed by atoms with Crippen molar-refractivity contribution >= 4 is 27.6 Å². The molecule has 110 valence electrons. The van der Waals surface area contributed by atoms with E-state index in [0.717, 1.165) is 0 Å². The molecule has 0 saturated carbocycles. The summed E-state index contributed by atoms with van der Waals surface area (Å²) >= 11 is 5.90. The smallest absolute Gasteiger partial charge is 0.310 e. The van der Waals surface area contributed by atoms with E-state index in [1.54, 1.807) is 13.0 Å². The minimum absolute atomic E-state index is 0.00293. The molecule has 2 atom stereocenters. The third kappa shape index (κ3) is 2.95. The summed E-state index contributed by atoms with van der Waals surface area (Å²) in [5, 5.41) is 9.35. The first-order valence-electron chi connectivity index (χ1n) is 5.91. The van der Waals surface area contributed by atoms with Gasteiger partial charge in [0.25, 0.3) is 0 Å². The molecule has 1 aliphatic heterocycles. The van der Waals surface area contributed by atoms with Crippen LogP contribution >= 0.6 is 11.6 Å². The minimum atomic E-state index is -3.84. The molecule has 20 heavy (non-hydrogen) atoms. The number of hydrogen-bond acceptors (Lipinski definition) is 4. The van der Waals surface area contributed by atoms with E-state index >= 15 is 0 Å². The molecule has 8 heteroatoms. The molecule has 1 heterocycles. The zero-order chi connectivity index (χ0) is 14.9. The Hall–Kier alpha value is -1.15. The second-order valence-electron chi connectivity index (χ2n) is 4.57. The molecular formula is C12H14ClNO5S. The Labute approximate surface area is 121 Å². The van der Waals surface area contributed by atoms with Gasteiger partial charge in [-0.2, -0.15) is 0 Å². The van der Waals surface area contributed by atoms with Crippen molar-refractivity contribution in [3.05, 3.63) is 28.8 Å². The van der Waals surface area contributed by atoms with Crippen LogP contribution in [0.15, 0.2) is 23.1 Å². The number of sulfonamides is 1. The predicted molar refractivity (Wildman–Crippen MR) is 72.2 cm³/mol. The highest BCUT2D eigenvalue weighted by molar-refractivity contribution is 7.89. The van der Waals surface area contributed by atoms with Crippen LogP contribution in [0.4, 0.5) is 0 Å². The number of hydrogen-bond donors (Lipinski definition) is 2. The second-order valence-corrected chi connectivity index (χ2v) is 6.66. The third-order valence-electron chi connectivity index (χ3n) is 3.21. The maximum Gasteiger partial charge on any atom is 0.310 e. The normalized spacial score (nSPS) is 22.9. The summed E-state index contributed by atoms with van der Waals surface area (Å²) in [6.45, 7) is 1.63. The lowest BCUT2D eigenvalue weighted by Crippen LogP contribution is -2.42. The molecule has 1 aromatic carbocycles. The van der Waals surface area contributed by atoms with Crippen molar-refractivity contribution in [2.75, 3.05) is 13.2 Å². The van der Waals surface area contributed by atoms with Gasteiger partial charge < -0.3 is 9.84 Å². The van der Waals surface area contributed by atoms with Gasteiger partial charge in [-0.25, -0.2) is 13.1 Å². The maximum absolute atomic E-state index is 12.3. The fourth-order valence-electron chi connectivity index (χ4n) is 2.06. The Morgan fingerprint density at radius 1 is 1.45 bits per heavy atom. The van der Waals surface area contributed by atoms with Gasteiger partial charge in [-0.05, 0) is 24.6 Å². The van der Waals surface area contributed by atoms with Crippen LogP contribution in [-0.2, 0) is 19.6 Å². The molecule has 0 aliphatic carbocycles. The molecular weight excluding hydrogens is 306 g/mol. The molecule has 0 spiro atoms. The number of carboxylic acid groups (broad SMARTS) is 1. The summed E-state index contributed by atoms with van der Waals surface area (Å²) in [7, 11) is -3.84. The van der Waals surface area contributed by atoms with Crippen LogP contribution in [-0.4, -0.2) is 38.7 Å². The lowest BCUT2D eigenvalue weighted by Gasteiger charge is -2.17. The number of rotatable bonds is 4. The molecule has 0 amide bonds. The number of benzene rings is 1. The van der Waals surface area contributed by atoms with E-state index in [9.17, 15) is 13.2 Å². The summed E-state index contributed by atoms with van der Waals surface area (Å²) in [5.74, 6) is -1.97. The van der Waals surface area contributed by atoms with Gasteiger partial charge in [-0.3, -0.25) is 4.79 Å². The highest BCUT2D eigenvalue weighted by Crippen LogP contribution is 2.24. The lowest BCUT2D eigenvalue weighted by molar-refractivity contribution is -0.142. The fourth-order valence-corrected chi connectivity index (χ4v) is 3.81. The minimum Gasteiger partial charge on any atom is -0.481 e. The molecule has 0 radical (unpaired) electrons. The van der Waals surface area contributed by atoms with Crippen molar-refractivity contribution < 1.29 is 23.1 Å². The molecule has 1 aromatic rings. The van der Waals surface area contributed by atoms with Crippen LogP contribution in [0, 0.1) is 12.8 Å². The van der Waals surface area contributed by atoms with Crippen LogP contribution in [0.25, 0.3) is 0 Å². The SMILES string of the molecule is Cc1c(Cl)cccc1S(=O)(=O)NC1COCC1C(=O)O. The zero-order valence-corrected chi connectivity index (χ0v) is 12.2. The highest BCUT2D eigenvalue weighted by Gasteiger charge is 2.37. The summed E-state index contributed by atoms with van der Waals surface area (Å²) < 4.78 is 32.0. The molecule has 2 N–H and O–H groups in total. The van der Waals surface area contributed by atoms with E-state index in [1.165, 1.54) is 12.1 Å². The monoisotopic (exact) mass is 319 g/mol. The van der Waals surface area contributed by atoms with Crippen molar-refractivity contribution in [2.24, 2.45) is 5.92 Å². The summed E-state index contributed by atoms with van der Waals surface area (Å²) in [4.78, 5) is 11.1. The highest BCUT2D eigenvalue weighted by atomic mass is 35.5. The Morgan fingerprint density at radius 3 is 2.80 bits per heavy atom. The molecule has 1 fully saturated rings. The van der Waals surface area contributed by atoms with Crippen molar-refractivity contribution in [1.29, 1.82) is 0 Å². The largest absolute Gasteiger partial charge is 0.481 e. The van der Waals surface area contributed by atoms with Gasteiger partial charge in [-0.15, -0.1) is 0 Å². The Balaban J connectivity index is 2.28. The van der Waals surface area contributed by atoms with Gasteiger partial charge in [0.15, 0.2) is 0 Å². The molecule has 6 nitrogen and oxygen atoms in total. The average Bonchev–Trinajstić information content (AvgIpc) is 2.79. The van der Waals surface area contributed by atoms with Crippen molar-refractivity contribution in [1.82, 2.24) is 4.72 Å². The molecule has 0 aromatic heterocycles. The third-order valence-corrected chi connectivity index (χ3v) is 5.26. The number of aliphatic carboxylic acids is 1. The topological polar surface area (TPSA) is 92.7 Å². The second kappa shape index (κ2) is 5.69. The number of halogens is 1. The lowest BCUT2D eigenvalue weighted by atomic mass is 10.1. The van der Waals surface area contributed by atoms with Gasteiger partial charge in [0.05, 0.1) is 30.1 Å². The predicted octanol–water partition coefficient (Wildman–Crippen LogP) is 1.03. The van der Waals surface area contributed by atoms with Crippen LogP contribution in [0.1, 0.15) is 5.56 Å². The molecule has 1 aliphatic rings. The quantitative estimate of drug-likeness (QED) is 0.864. The van der Waals surface area contributed by atoms with Crippen LogP contribution in [0.3, 0.4) is 0 Å². The van der Waals surface area contributed by atoms with Gasteiger partial charge in [0.1, 0.15) is 0 Å². The zero-order valence-electron chi connectivity index (χ0n) is 10.7. The Kier molecular flexibility index (Phi) is 4.33. The first-order chi connectivity index (χ1) is 9.33. The molecule has 2 unspecified atom stereocenters. The Morgan fingerprint density at radius 2 is 2.15 bits per heavy atom. The first-order valence-corrected chi connectivity index (χ1v) is 7.77. The standard InChI is InChI=1S/C12H14ClNO5S/c1-7-9(13)3-2-4-11(7)20(17,18)14-10-6-19-5-8(10)12(15)16/h2-4,8,10,14H,5-6H2,1H3,(H,15,16). The fraction of sp³-hybridized carbons (Fsp3) is 0.417. The van der Waals surface area contributed by atoms with E-state index in [2.05, 4.69) is 4.72 Å². The number of carboxylic acids is 1. The van der Waals surface area contributed by atoms with Gasteiger partial charge in [-0.1, -0.05) is 17.7 Å². The van der Waals surface area contributed by atoms with Gasteiger partial charge >= 0.3 is 5.97 Å². The van der Waals surface area contributed by atoms with Gasteiger partial charge in [0, 0.05) is 5.02 Å². The number of nitrogens with one attached hydrogen (secondary N) is 1.